The van der Waals surface area contributed by atoms with Crippen molar-refractivity contribution >= 4 is 22.6 Å². The monoisotopic (exact) mass is 252 g/mol. The molecule has 0 saturated carbocycles. The highest BCUT2D eigenvalue weighted by atomic mass is 127. The summed E-state index contributed by atoms with van der Waals surface area (Å²) >= 11 is 2.07. The minimum atomic E-state index is -0.471. The normalized spacial score (nSPS) is 9.90. The van der Waals surface area contributed by atoms with E-state index in [4.69, 9.17) is 5.73 Å². The van der Waals surface area contributed by atoms with Gasteiger partial charge in [0.2, 0.25) is 5.95 Å². The maximum absolute atomic E-state index is 12.4. The van der Waals surface area contributed by atoms with Crippen molar-refractivity contribution in [2.24, 2.45) is 5.73 Å². The number of nitrogens with two attached hydrogens (primary N) is 1. The first kappa shape index (κ1) is 7.87. The van der Waals surface area contributed by atoms with Crippen LogP contribution in [0.15, 0.2) is 12.3 Å². The Bertz CT molecular complexity index is 239. The van der Waals surface area contributed by atoms with E-state index in [1.54, 1.807) is 0 Å². The minimum absolute atomic E-state index is 0.359. The third-order valence-corrected chi connectivity index (χ3v) is 2.09. The molecule has 10 heavy (non-hydrogen) atoms. The van der Waals surface area contributed by atoms with Crippen molar-refractivity contribution in [1.29, 1.82) is 0 Å². The van der Waals surface area contributed by atoms with Gasteiger partial charge < -0.3 is 5.73 Å². The van der Waals surface area contributed by atoms with Crippen molar-refractivity contribution in [2.45, 2.75) is 6.54 Å². The zero-order valence-corrected chi connectivity index (χ0v) is 7.30. The zero-order valence-electron chi connectivity index (χ0n) is 5.14. The van der Waals surface area contributed by atoms with E-state index in [2.05, 4.69) is 27.6 Å². The molecule has 54 valence electrons. The van der Waals surface area contributed by atoms with Crippen molar-refractivity contribution in [2.75, 3.05) is 0 Å². The second-order valence-corrected chi connectivity index (χ2v) is 2.96. The fourth-order valence-electron chi connectivity index (χ4n) is 0.608. The standard InChI is InChI=1S/C6H6FIN2/c7-6-1-4(2-9)5(8)3-10-6/h1,3H,2,9H2. The summed E-state index contributed by atoms with van der Waals surface area (Å²) in [5.41, 5.74) is 6.12. The van der Waals surface area contributed by atoms with Crippen LogP contribution in [0.4, 0.5) is 4.39 Å². The lowest BCUT2D eigenvalue weighted by Gasteiger charge is -1.98. The number of pyridine rings is 1. The van der Waals surface area contributed by atoms with Gasteiger partial charge in [0.25, 0.3) is 0 Å². The first-order chi connectivity index (χ1) is 4.74. The molecule has 0 aliphatic rings. The van der Waals surface area contributed by atoms with Gasteiger partial charge in [0.1, 0.15) is 0 Å². The molecule has 1 heterocycles. The largest absolute Gasteiger partial charge is 0.326 e. The summed E-state index contributed by atoms with van der Waals surface area (Å²) in [6.45, 7) is 0.359. The Balaban J connectivity index is 3.09. The van der Waals surface area contributed by atoms with Gasteiger partial charge >= 0.3 is 0 Å². The maximum Gasteiger partial charge on any atom is 0.213 e. The van der Waals surface area contributed by atoms with Crippen LogP contribution in [0.3, 0.4) is 0 Å². The molecular formula is C6H6FIN2. The van der Waals surface area contributed by atoms with Gasteiger partial charge in [-0.05, 0) is 34.2 Å². The Labute approximate surface area is 71.8 Å². The predicted molar refractivity (Wildman–Crippen MR) is 44.8 cm³/mol. The van der Waals surface area contributed by atoms with Gasteiger partial charge in [-0.3, -0.25) is 0 Å². The smallest absolute Gasteiger partial charge is 0.213 e. The topological polar surface area (TPSA) is 38.9 Å². The Kier molecular flexibility index (Phi) is 2.56. The molecule has 0 bridgehead atoms. The molecule has 1 aromatic rings. The lowest BCUT2D eigenvalue weighted by Crippen LogP contribution is -2.00. The summed E-state index contributed by atoms with van der Waals surface area (Å²) in [7, 11) is 0. The van der Waals surface area contributed by atoms with Crippen molar-refractivity contribution in [3.8, 4) is 0 Å². The number of halogens is 2. The first-order valence-electron chi connectivity index (χ1n) is 2.74. The van der Waals surface area contributed by atoms with E-state index in [0.29, 0.717) is 6.54 Å². The average Bonchev–Trinajstić information content (AvgIpc) is 1.94. The molecule has 0 radical (unpaired) electrons. The summed E-state index contributed by atoms with van der Waals surface area (Å²) in [6.07, 6.45) is 1.47. The second-order valence-electron chi connectivity index (χ2n) is 1.80. The van der Waals surface area contributed by atoms with Crippen molar-refractivity contribution in [1.82, 2.24) is 4.98 Å². The second kappa shape index (κ2) is 3.25. The molecule has 0 aromatic carbocycles. The molecular weight excluding hydrogens is 246 g/mol. The fourth-order valence-corrected chi connectivity index (χ4v) is 1.12. The minimum Gasteiger partial charge on any atom is -0.326 e. The van der Waals surface area contributed by atoms with Crippen LogP contribution in [0.2, 0.25) is 0 Å². The maximum atomic E-state index is 12.4. The molecule has 2 N–H and O–H groups in total. The summed E-state index contributed by atoms with van der Waals surface area (Å²) in [4.78, 5) is 3.46. The van der Waals surface area contributed by atoms with Gasteiger partial charge in [0.15, 0.2) is 0 Å². The van der Waals surface area contributed by atoms with E-state index in [1.165, 1.54) is 12.3 Å². The van der Waals surface area contributed by atoms with Gasteiger partial charge in [0.05, 0.1) is 0 Å². The molecule has 0 fully saturated rings. The van der Waals surface area contributed by atoms with Gasteiger partial charge in [0, 0.05) is 16.3 Å². The van der Waals surface area contributed by atoms with E-state index >= 15 is 0 Å². The zero-order chi connectivity index (χ0) is 7.56. The van der Waals surface area contributed by atoms with Crippen molar-refractivity contribution in [3.05, 3.63) is 27.3 Å². The van der Waals surface area contributed by atoms with Gasteiger partial charge in [-0.2, -0.15) is 4.39 Å². The third-order valence-electron chi connectivity index (χ3n) is 1.12. The molecule has 0 atom stereocenters. The molecule has 1 rings (SSSR count). The molecule has 0 unspecified atom stereocenters. The van der Waals surface area contributed by atoms with Crippen LogP contribution in [0, 0.1) is 9.52 Å². The van der Waals surface area contributed by atoms with E-state index < -0.39 is 5.95 Å². The van der Waals surface area contributed by atoms with Gasteiger partial charge in [-0.25, -0.2) is 4.98 Å². The van der Waals surface area contributed by atoms with Crippen LogP contribution < -0.4 is 5.73 Å². The van der Waals surface area contributed by atoms with Crippen LogP contribution in [-0.2, 0) is 6.54 Å². The van der Waals surface area contributed by atoms with Crippen molar-refractivity contribution < 1.29 is 4.39 Å². The average molecular weight is 252 g/mol. The highest BCUT2D eigenvalue weighted by Crippen LogP contribution is 2.10. The quantitative estimate of drug-likeness (QED) is 0.604. The lowest BCUT2D eigenvalue weighted by atomic mass is 10.3. The number of aromatic nitrogens is 1. The number of nitrogens with zero attached hydrogens (tertiary/aromatic N) is 1. The molecule has 2 nitrogen and oxygen atoms in total. The van der Waals surface area contributed by atoms with E-state index in [0.717, 1.165) is 9.13 Å². The summed E-state index contributed by atoms with van der Waals surface area (Å²) in [5.74, 6) is -0.471. The predicted octanol–water partition coefficient (Wildman–Crippen LogP) is 1.28. The number of hydrogen-bond acceptors (Lipinski definition) is 2. The Morgan fingerprint density at radius 1 is 1.70 bits per heavy atom. The molecule has 0 amide bonds. The summed E-state index contributed by atoms with van der Waals surface area (Å²) in [6, 6.07) is 1.35. The van der Waals surface area contributed by atoms with Crippen LogP contribution in [-0.4, -0.2) is 4.98 Å². The summed E-state index contributed by atoms with van der Waals surface area (Å²) in [5, 5.41) is 0. The highest BCUT2D eigenvalue weighted by molar-refractivity contribution is 14.1. The van der Waals surface area contributed by atoms with Crippen LogP contribution in [0.5, 0.6) is 0 Å². The molecule has 0 spiro atoms. The van der Waals surface area contributed by atoms with Gasteiger partial charge in [-0.1, -0.05) is 0 Å². The first-order valence-corrected chi connectivity index (χ1v) is 3.82. The molecule has 0 aliphatic carbocycles. The Morgan fingerprint density at radius 3 is 2.90 bits per heavy atom. The van der Waals surface area contributed by atoms with E-state index in [9.17, 15) is 4.39 Å². The summed E-state index contributed by atoms with van der Waals surface area (Å²) < 4.78 is 13.3. The molecule has 4 heteroatoms. The third kappa shape index (κ3) is 1.63. The SMILES string of the molecule is NCc1cc(F)ncc1I. The number of rotatable bonds is 1. The van der Waals surface area contributed by atoms with Crippen LogP contribution in [0.25, 0.3) is 0 Å². The molecule has 0 aliphatic heterocycles. The Hall–Kier alpha value is -0.230. The van der Waals surface area contributed by atoms with E-state index in [1.807, 2.05) is 0 Å². The number of hydrogen-bond donors (Lipinski definition) is 1. The van der Waals surface area contributed by atoms with E-state index in [-0.39, 0.29) is 0 Å². The molecule has 1 aromatic heterocycles. The van der Waals surface area contributed by atoms with Gasteiger partial charge in [-0.15, -0.1) is 0 Å². The van der Waals surface area contributed by atoms with Crippen molar-refractivity contribution in [3.63, 3.8) is 0 Å². The van der Waals surface area contributed by atoms with Crippen LogP contribution in [0.1, 0.15) is 5.56 Å². The highest BCUT2D eigenvalue weighted by Gasteiger charge is 1.98. The molecule has 0 saturated heterocycles. The van der Waals surface area contributed by atoms with Crippen LogP contribution >= 0.6 is 22.6 Å². The Morgan fingerprint density at radius 2 is 2.40 bits per heavy atom. The fraction of sp³-hybridized carbons (Fsp3) is 0.167. The lowest BCUT2D eigenvalue weighted by molar-refractivity contribution is 0.580.